The average Bonchev–Trinajstić information content (AvgIpc) is 2.04. The van der Waals surface area contributed by atoms with Crippen LogP contribution in [0.5, 0.6) is 0 Å². The van der Waals surface area contributed by atoms with Gasteiger partial charge in [-0.2, -0.15) is 0 Å². The maximum absolute atomic E-state index is 6.07. The number of benzene rings is 1. The van der Waals surface area contributed by atoms with Crippen molar-refractivity contribution in [1.29, 1.82) is 0 Å². The van der Waals surface area contributed by atoms with Crippen LogP contribution < -0.4 is 5.73 Å². The lowest BCUT2D eigenvalue weighted by Gasteiger charge is -2.21. The van der Waals surface area contributed by atoms with Gasteiger partial charge in [-0.15, -0.1) is 0 Å². The lowest BCUT2D eigenvalue weighted by atomic mass is 9.90. The Hall–Kier alpha value is -0.530. The van der Waals surface area contributed by atoms with Crippen molar-refractivity contribution < 1.29 is 0 Å². The molecule has 2 heteroatoms. The molecule has 0 amide bonds. The zero-order valence-electron chi connectivity index (χ0n) is 9.32. The molecule has 1 nitrogen and oxygen atoms in total. The number of hydrogen-bond acceptors (Lipinski definition) is 1. The fourth-order valence-corrected chi connectivity index (χ4v) is 1.77. The van der Waals surface area contributed by atoms with Crippen molar-refractivity contribution in [1.82, 2.24) is 0 Å². The maximum Gasteiger partial charge on any atom is 0.0438 e. The molecule has 1 aromatic carbocycles. The summed E-state index contributed by atoms with van der Waals surface area (Å²) in [5, 5.41) is 0.829. The van der Waals surface area contributed by atoms with E-state index in [1.54, 1.807) is 0 Å². The fourth-order valence-electron chi connectivity index (χ4n) is 1.59. The van der Waals surface area contributed by atoms with Gasteiger partial charge < -0.3 is 5.73 Å². The minimum Gasteiger partial charge on any atom is -0.325 e. The molecule has 1 rings (SSSR count). The van der Waals surface area contributed by atoms with Gasteiger partial charge in [-0.05, 0) is 56.9 Å². The summed E-state index contributed by atoms with van der Waals surface area (Å²) in [6.07, 6.45) is 0.866. The topological polar surface area (TPSA) is 26.0 Å². The van der Waals surface area contributed by atoms with E-state index in [-0.39, 0.29) is 5.54 Å². The van der Waals surface area contributed by atoms with Gasteiger partial charge in [-0.3, -0.25) is 0 Å². The third-order valence-electron chi connectivity index (χ3n) is 2.40. The van der Waals surface area contributed by atoms with Crippen LogP contribution in [0.4, 0.5) is 0 Å². The zero-order valence-corrected chi connectivity index (χ0v) is 10.1. The molecule has 14 heavy (non-hydrogen) atoms. The van der Waals surface area contributed by atoms with Gasteiger partial charge in [0.2, 0.25) is 0 Å². The third-order valence-corrected chi connectivity index (χ3v) is 2.81. The van der Waals surface area contributed by atoms with E-state index < -0.39 is 0 Å². The van der Waals surface area contributed by atoms with Crippen LogP contribution >= 0.6 is 11.6 Å². The third kappa shape index (κ3) is 2.73. The standard InChI is InChI=1S/C12H18ClN/c1-8-5-6-11(13)9(2)10(8)7-12(3,4)14/h5-6H,7,14H2,1-4H3. The van der Waals surface area contributed by atoms with E-state index in [1.807, 2.05) is 19.9 Å². The number of nitrogens with two attached hydrogens (primary N) is 1. The van der Waals surface area contributed by atoms with Crippen LogP contribution in [-0.2, 0) is 6.42 Å². The fraction of sp³-hybridized carbons (Fsp3) is 0.500. The monoisotopic (exact) mass is 211 g/mol. The van der Waals surface area contributed by atoms with Gasteiger partial charge in [0.05, 0.1) is 0 Å². The summed E-state index contributed by atoms with van der Waals surface area (Å²) in [4.78, 5) is 0. The minimum atomic E-state index is -0.180. The predicted octanol–water partition coefficient (Wildman–Crippen LogP) is 3.24. The SMILES string of the molecule is Cc1ccc(Cl)c(C)c1CC(C)(C)N. The molecule has 0 bridgehead atoms. The molecule has 0 saturated heterocycles. The van der Waals surface area contributed by atoms with E-state index in [9.17, 15) is 0 Å². The minimum absolute atomic E-state index is 0.180. The summed E-state index contributed by atoms with van der Waals surface area (Å²) in [5.41, 5.74) is 9.54. The Morgan fingerprint density at radius 3 is 2.36 bits per heavy atom. The van der Waals surface area contributed by atoms with E-state index in [1.165, 1.54) is 11.1 Å². The Morgan fingerprint density at radius 1 is 1.29 bits per heavy atom. The summed E-state index contributed by atoms with van der Waals surface area (Å²) < 4.78 is 0. The molecule has 0 aromatic heterocycles. The first kappa shape index (κ1) is 11.5. The van der Waals surface area contributed by atoms with Crippen molar-refractivity contribution >= 4 is 11.6 Å². The highest BCUT2D eigenvalue weighted by Crippen LogP contribution is 2.25. The van der Waals surface area contributed by atoms with Crippen LogP contribution in [0, 0.1) is 13.8 Å². The Balaban J connectivity index is 3.13. The molecular weight excluding hydrogens is 194 g/mol. The van der Waals surface area contributed by atoms with Gasteiger partial charge >= 0.3 is 0 Å². The normalized spacial score (nSPS) is 11.9. The molecule has 0 aliphatic rings. The molecule has 0 unspecified atom stereocenters. The van der Waals surface area contributed by atoms with Crippen molar-refractivity contribution in [2.75, 3.05) is 0 Å². The van der Waals surface area contributed by atoms with Crippen LogP contribution in [-0.4, -0.2) is 5.54 Å². The molecule has 0 saturated carbocycles. The first-order valence-electron chi connectivity index (χ1n) is 4.85. The van der Waals surface area contributed by atoms with Crippen molar-refractivity contribution in [3.8, 4) is 0 Å². The number of hydrogen-bond donors (Lipinski definition) is 1. The number of halogens is 1. The van der Waals surface area contributed by atoms with Gasteiger partial charge in [-0.1, -0.05) is 17.7 Å². The molecule has 0 atom stereocenters. The van der Waals surface area contributed by atoms with Crippen molar-refractivity contribution in [3.05, 3.63) is 33.8 Å². The van der Waals surface area contributed by atoms with E-state index in [0.717, 1.165) is 17.0 Å². The second-order valence-corrected chi connectivity index (χ2v) is 5.04. The van der Waals surface area contributed by atoms with Crippen molar-refractivity contribution in [2.45, 2.75) is 39.7 Å². The van der Waals surface area contributed by atoms with Gasteiger partial charge in [0.1, 0.15) is 0 Å². The largest absolute Gasteiger partial charge is 0.325 e. The number of aryl methyl sites for hydroxylation is 1. The molecule has 78 valence electrons. The van der Waals surface area contributed by atoms with Crippen LogP contribution in [0.3, 0.4) is 0 Å². The second kappa shape index (κ2) is 3.92. The van der Waals surface area contributed by atoms with E-state index in [0.29, 0.717) is 0 Å². The second-order valence-electron chi connectivity index (χ2n) is 4.63. The molecule has 0 radical (unpaired) electrons. The average molecular weight is 212 g/mol. The van der Waals surface area contributed by atoms with E-state index >= 15 is 0 Å². The quantitative estimate of drug-likeness (QED) is 0.799. The maximum atomic E-state index is 6.07. The lowest BCUT2D eigenvalue weighted by molar-refractivity contribution is 0.514. The summed E-state index contributed by atoms with van der Waals surface area (Å²) in [7, 11) is 0. The van der Waals surface area contributed by atoms with Crippen LogP contribution in [0.2, 0.25) is 5.02 Å². The first-order valence-corrected chi connectivity index (χ1v) is 5.22. The summed E-state index contributed by atoms with van der Waals surface area (Å²) >= 11 is 6.07. The molecule has 1 aromatic rings. The predicted molar refractivity (Wildman–Crippen MR) is 62.9 cm³/mol. The zero-order chi connectivity index (χ0) is 10.9. The number of rotatable bonds is 2. The highest BCUT2D eigenvalue weighted by molar-refractivity contribution is 6.31. The van der Waals surface area contributed by atoms with E-state index in [4.69, 9.17) is 17.3 Å². The molecule has 0 heterocycles. The summed E-state index contributed by atoms with van der Waals surface area (Å²) in [6, 6.07) is 4.00. The van der Waals surface area contributed by atoms with Crippen molar-refractivity contribution in [3.63, 3.8) is 0 Å². The molecule has 0 aliphatic carbocycles. The molecule has 0 fully saturated rings. The Morgan fingerprint density at radius 2 is 1.86 bits per heavy atom. The lowest BCUT2D eigenvalue weighted by Crippen LogP contribution is -2.35. The van der Waals surface area contributed by atoms with Crippen LogP contribution in [0.15, 0.2) is 12.1 Å². The molecular formula is C12H18ClN. The Kier molecular flexibility index (Phi) is 3.23. The van der Waals surface area contributed by atoms with Crippen LogP contribution in [0.1, 0.15) is 30.5 Å². The van der Waals surface area contributed by atoms with Crippen LogP contribution in [0.25, 0.3) is 0 Å². The van der Waals surface area contributed by atoms with Crippen molar-refractivity contribution in [2.24, 2.45) is 5.73 Å². The Labute approximate surface area is 91.3 Å². The Bertz CT molecular complexity index is 337. The smallest absolute Gasteiger partial charge is 0.0438 e. The summed E-state index contributed by atoms with van der Waals surface area (Å²) in [6.45, 7) is 8.22. The molecule has 0 spiro atoms. The van der Waals surface area contributed by atoms with Gasteiger partial charge in [0.15, 0.2) is 0 Å². The first-order chi connectivity index (χ1) is 6.31. The van der Waals surface area contributed by atoms with Gasteiger partial charge in [0, 0.05) is 10.6 Å². The molecule has 0 aliphatic heterocycles. The summed E-state index contributed by atoms with van der Waals surface area (Å²) in [5.74, 6) is 0. The molecule has 2 N–H and O–H groups in total. The van der Waals surface area contributed by atoms with E-state index in [2.05, 4.69) is 19.9 Å². The highest BCUT2D eigenvalue weighted by Gasteiger charge is 2.15. The highest BCUT2D eigenvalue weighted by atomic mass is 35.5. The van der Waals surface area contributed by atoms with Gasteiger partial charge in [0.25, 0.3) is 0 Å². The van der Waals surface area contributed by atoms with Gasteiger partial charge in [-0.25, -0.2) is 0 Å².